The van der Waals surface area contributed by atoms with Crippen molar-refractivity contribution in [1.29, 1.82) is 0 Å². The average Bonchev–Trinajstić information content (AvgIpc) is 2.14. The smallest absolute Gasteiger partial charge is 0.115 e. The first kappa shape index (κ1) is 6.36. The van der Waals surface area contributed by atoms with Crippen LogP contribution in [-0.4, -0.2) is 29.8 Å². The van der Waals surface area contributed by atoms with E-state index >= 15 is 0 Å². The molecule has 1 aliphatic heterocycles. The maximum Gasteiger partial charge on any atom is 0.115 e. The van der Waals surface area contributed by atoms with Gasteiger partial charge in [-0.25, -0.2) is 8.70 Å². The molecule has 1 heterocycles. The van der Waals surface area contributed by atoms with E-state index in [1.807, 2.05) is 10.6 Å². The van der Waals surface area contributed by atoms with Gasteiger partial charge in [0.2, 0.25) is 0 Å². The molecule has 48 valence electrons. The molecular weight excluding hydrogens is 125 g/mol. The van der Waals surface area contributed by atoms with Crippen molar-refractivity contribution >= 4 is 11.9 Å². The van der Waals surface area contributed by atoms with Gasteiger partial charge in [0.05, 0.1) is 0 Å². The molecule has 0 radical (unpaired) electrons. The topological polar surface area (TPSA) is 3.24 Å². The maximum absolute atomic E-state index is 12.3. The number of rotatable bonds is 1. The highest BCUT2D eigenvalue weighted by Crippen LogP contribution is 2.17. The first-order valence-electron chi connectivity index (χ1n) is 2.76. The predicted octanol–water partition coefficient (Wildman–Crippen LogP) is 1.31. The minimum atomic E-state index is -0.567. The van der Waals surface area contributed by atoms with Crippen LogP contribution < -0.4 is 0 Å². The van der Waals surface area contributed by atoms with Crippen LogP contribution in [0.2, 0.25) is 0 Å². The fourth-order valence-electron chi connectivity index (χ4n) is 0.853. The normalized spacial score (nSPS) is 31.5. The molecule has 0 aromatic rings. The van der Waals surface area contributed by atoms with E-state index in [9.17, 15) is 4.39 Å². The molecule has 0 unspecified atom stereocenters. The predicted molar refractivity (Wildman–Crippen MR) is 34.6 cm³/mol. The van der Waals surface area contributed by atoms with E-state index < -0.39 is 6.17 Å². The Morgan fingerprint density at radius 3 is 2.75 bits per heavy atom. The highest BCUT2D eigenvalue weighted by atomic mass is 32.2. The van der Waals surface area contributed by atoms with Crippen LogP contribution in [-0.2, 0) is 0 Å². The summed E-state index contributed by atoms with van der Waals surface area (Å²) in [5, 5.41) is 0. The van der Waals surface area contributed by atoms with E-state index in [4.69, 9.17) is 0 Å². The molecule has 1 fully saturated rings. The summed E-state index contributed by atoms with van der Waals surface area (Å²) < 4.78 is 14.4. The number of hydrogen-bond acceptors (Lipinski definition) is 2. The Labute approximate surface area is 53.4 Å². The third-order valence-electron chi connectivity index (χ3n) is 1.35. The second kappa shape index (κ2) is 2.69. The van der Waals surface area contributed by atoms with Crippen LogP contribution in [0.5, 0.6) is 0 Å². The summed E-state index contributed by atoms with van der Waals surface area (Å²) in [6.07, 6.45) is 2.14. The van der Waals surface area contributed by atoms with Crippen LogP contribution in [0, 0.1) is 0 Å². The van der Waals surface area contributed by atoms with Crippen molar-refractivity contribution in [3.63, 3.8) is 0 Å². The van der Waals surface area contributed by atoms with E-state index in [0.29, 0.717) is 6.54 Å². The van der Waals surface area contributed by atoms with Crippen LogP contribution in [0.4, 0.5) is 4.39 Å². The van der Waals surface area contributed by atoms with Crippen molar-refractivity contribution in [1.82, 2.24) is 4.31 Å². The van der Waals surface area contributed by atoms with Crippen molar-refractivity contribution in [2.24, 2.45) is 0 Å². The molecule has 0 spiro atoms. The van der Waals surface area contributed by atoms with Gasteiger partial charge in [0.25, 0.3) is 0 Å². The highest BCUT2D eigenvalue weighted by Gasteiger charge is 2.20. The number of halogens is 1. The van der Waals surface area contributed by atoms with Crippen LogP contribution in [0.1, 0.15) is 6.42 Å². The van der Waals surface area contributed by atoms with Crippen molar-refractivity contribution in [3.8, 4) is 0 Å². The second-order valence-corrected chi connectivity index (χ2v) is 2.84. The first-order chi connectivity index (χ1) is 3.83. The Balaban J connectivity index is 2.22. The summed E-state index contributed by atoms with van der Waals surface area (Å²) in [7, 11) is 0. The van der Waals surface area contributed by atoms with Gasteiger partial charge in [0.1, 0.15) is 6.17 Å². The van der Waals surface area contributed by atoms with Crippen LogP contribution in [0.3, 0.4) is 0 Å². The highest BCUT2D eigenvalue weighted by molar-refractivity contribution is 7.96. The minimum absolute atomic E-state index is 0.567. The molecule has 0 aromatic heterocycles. The summed E-state index contributed by atoms with van der Waals surface area (Å²) in [5.74, 6) is 0. The molecule has 1 nitrogen and oxygen atoms in total. The first-order valence-corrected chi connectivity index (χ1v) is 3.94. The van der Waals surface area contributed by atoms with Crippen molar-refractivity contribution in [2.45, 2.75) is 12.6 Å². The Morgan fingerprint density at radius 1 is 1.75 bits per heavy atom. The molecule has 0 aliphatic carbocycles. The molecular formula is C5H10FNS. The third-order valence-corrected chi connectivity index (χ3v) is 2.20. The zero-order valence-electron chi connectivity index (χ0n) is 4.93. The molecule has 1 atom stereocenters. The summed E-state index contributed by atoms with van der Waals surface area (Å²) in [4.78, 5) is 0. The second-order valence-electron chi connectivity index (χ2n) is 1.96. The lowest BCUT2D eigenvalue weighted by Gasteiger charge is -2.07. The third kappa shape index (κ3) is 1.36. The molecule has 0 bridgehead atoms. The molecule has 0 N–H and O–H groups in total. The molecule has 1 rings (SSSR count). The van der Waals surface area contributed by atoms with Crippen LogP contribution >= 0.6 is 11.9 Å². The largest absolute Gasteiger partial charge is 0.248 e. The SMILES string of the molecule is CSN1CC[C@H](F)C1. The van der Waals surface area contributed by atoms with Crippen LogP contribution in [0.25, 0.3) is 0 Å². The van der Waals surface area contributed by atoms with Crippen molar-refractivity contribution < 1.29 is 4.39 Å². The molecule has 3 heteroatoms. The van der Waals surface area contributed by atoms with Gasteiger partial charge >= 0.3 is 0 Å². The lowest BCUT2D eigenvalue weighted by Crippen LogP contribution is -2.10. The molecule has 0 amide bonds. The number of hydrogen-bond donors (Lipinski definition) is 0. The molecule has 1 saturated heterocycles. The van der Waals surface area contributed by atoms with E-state index in [1.54, 1.807) is 11.9 Å². The molecule has 0 aromatic carbocycles. The van der Waals surface area contributed by atoms with Gasteiger partial charge in [-0.2, -0.15) is 0 Å². The van der Waals surface area contributed by atoms with Gasteiger partial charge in [0, 0.05) is 13.1 Å². The Bertz CT molecular complexity index is 78.8. The molecule has 0 saturated carbocycles. The molecule has 1 aliphatic rings. The summed E-state index contributed by atoms with van der Waals surface area (Å²) in [5.41, 5.74) is 0. The summed E-state index contributed by atoms with van der Waals surface area (Å²) in [6.45, 7) is 1.55. The lowest BCUT2D eigenvalue weighted by atomic mass is 10.4. The standard InChI is InChI=1S/C5H10FNS/c1-8-7-3-2-5(6)4-7/h5H,2-4H2,1H3/t5-/m0/s1. The average molecular weight is 135 g/mol. The van der Waals surface area contributed by atoms with Crippen LogP contribution in [0.15, 0.2) is 0 Å². The number of alkyl halides is 1. The molecule has 8 heavy (non-hydrogen) atoms. The Hall–Kier alpha value is 0.240. The Morgan fingerprint density at radius 2 is 2.50 bits per heavy atom. The zero-order valence-corrected chi connectivity index (χ0v) is 5.75. The Kier molecular flexibility index (Phi) is 2.14. The van der Waals surface area contributed by atoms with Gasteiger partial charge in [-0.15, -0.1) is 0 Å². The zero-order chi connectivity index (χ0) is 5.98. The van der Waals surface area contributed by atoms with Gasteiger partial charge < -0.3 is 0 Å². The lowest BCUT2D eigenvalue weighted by molar-refractivity contribution is 0.349. The van der Waals surface area contributed by atoms with E-state index in [0.717, 1.165) is 13.0 Å². The van der Waals surface area contributed by atoms with E-state index in [1.165, 1.54) is 0 Å². The monoisotopic (exact) mass is 135 g/mol. The summed E-state index contributed by atoms with van der Waals surface area (Å²) >= 11 is 1.63. The quantitative estimate of drug-likeness (QED) is 0.499. The van der Waals surface area contributed by atoms with Crippen molar-refractivity contribution in [2.75, 3.05) is 19.3 Å². The van der Waals surface area contributed by atoms with E-state index in [-0.39, 0.29) is 0 Å². The number of nitrogens with zero attached hydrogens (tertiary/aromatic N) is 1. The fourth-order valence-corrected chi connectivity index (χ4v) is 1.45. The maximum atomic E-state index is 12.3. The van der Waals surface area contributed by atoms with Gasteiger partial charge in [-0.1, -0.05) is 11.9 Å². The van der Waals surface area contributed by atoms with Gasteiger partial charge in [-0.3, -0.25) is 0 Å². The van der Waals surface area contributed by atoms with Crippen molar-refractivity contribution in [3.05, 3.63) is 0 Å². The minimum Gasteiger partial charge on any atom is -0.248 e. The van der Waals surface area contributed by atoms with Gasteiger partial charge in [-0.05, 0) is 12.7 Å². The van der Waals surface area contributed by atoms with Gasteiger partial charge in [0.15, 0.2) is 0 Å². The van der Waals surface area contributed by atoms with E-state index in [2.05, 4.69) is 0 Å². The summed E-state index contributed by atoms with van der Waals surface area (Å²) in [6, 6.07) is 0. The fraction of sp³-hybridized carbons (Fsp3) is 1.00.